The normalized spacial score (nSPS) is 12.3. The van der Waals surface area contributed by atoms with Crippen molar-refractivity contribution >= 4 is 5.97 Å². The van der Waals surface area contributed by atoms with E-state index in [9.17, 15) is 4.79 Å². The van der Waals surface area contributed by atoms with E-state index in [-0.39, 0.29) is 0 Å². The molecule has 1 rings (SSSR count). The highest BCUT2D eigenvalue weighted by Crippen LogP contribution is 2.14. The molecule has 0 aliphatic rings. The van der Waals surface area contributed by atoms with E-state index >= 15 is 0 Å². The summed E-state index contributed by atoms with van der Waals surface area (Å²) < 4.78 is 10.2. The van der Waals surface area contributed by atoms with Gasteiger partial charge in [-0.1, -0.05) is 12.1 Å². The van der Waals surface area contributed by atoms with Crippen LogP contribution in [0.3, 0.4) is 0 Å². The molecule has 0 aliphatic carbocycles. The number of likely N-dealkylation sites (N-methyl/N-ethyl adjacent to an activating group) is 1. The molecule has 1 atom stereocenters. The highest BCUT2D eigenvalue weighted by Gasteiger charge is 2.14. The van der Waals surface area contributed by atoms with E-state index in [4.69, 9.17) is 10.5 Å². The summed E-state index contributed by atoms with van der Waals surface area (Å²) in [5.41, 5.74) is 6.69. The lowest BCUT2D eigenvalue weighted by Gasteiger charge is -2.13. The standard InChI is InChI=1S/C14H22N2O3/c1-16(2)7-8-19-12-6-4-5-11(9-12)10-13(15)14(17)18-3/h4-6,9,13H,7-8,10,15H2,1-3H3/t13-/m0/s1. The largest absolute Gasteiger partial charge is 0.492 e. The summed E-state index contributed by atoms with van der Waals surface area (Å²) in [6.45, 7) is 1.48. The smallest absolute Gasteiger partial charge is 0.322 e. The minimum Gasteiger partial charge on any atom is -0.492 e. The monoisotopic (exact) mass is 266 g/mol. The number of benzene rings is 1. The third kappa shape index (κ3) is 5.72. The Morgan fingerprint density at radius 1 is 1.42 bits per heavy atom. The van der Waals surface area contributed by atoms with Gasteiger partial charge in [0.25, 0.3) is 0 Å². The molecule has 19 heavy (non-hydrogen) atoms. The van der Waals surface area contributed by atoms with Crippen LogP contribution < -0.4 is 10.5 Å². The molecule has 0 bridgehead atoms. The van der Waals surface area contributed by atoms with E-state index in [0.717, 1.165) is 17.9 Å². The van der Waals surface area contributed by atoms with Crippen molar-refractivity contribution in [3.63, 3.8) is 0 Å². The predicted molar refractivity (Wildman–Crippen MR) is 74.2 cm³/mol. The summed E-state index contributed by atoms with van der Waals surface area (Å²) in [6, 6.07) is 6.97. The van der Waals surface area contributed by atoms with Gasteiger partial charge in [0, 0.05) is 6.54 Å². The number of carbonyl (C=O) groups excluding carboxylic acids is 1. The molecule has 0 saturated heterocycles. The van der Waals surface area contributed by atoms with Gasteiger partial charge in [-0.15, -0.1) is 0 Å². The Morgan fingerprint density at radius 2 is 2.16 bits per heavy atom. The first-order valence-electron chi connectivity index (χ1n) is 6.23. The molecule has 106 valence electrons. The summed E-state index contributed by atoms with van der Waals surface area (Å²) in [6.07, 6.45) is 0.442. The van der Waals surface area contributed by atoms with Gasteiger partial charge in [0.2, 0.25) is 0 Å². The molecule has 0 fully saturated rings. The molecule has 1 aromatic carbocycles. The highest BCUT2D eigenvalue weighted by molar-refractivity contribution is 5.75. The zero-order valence-corrected chi connectivity index (χ0v) is 11.8. The molecule has 0 aliphatic heterocycles. The molecule has 5 nitrogen and oxygen atoms in total. The number of hydrogen-bond donors (Lipinski definition) is 1. The average Bonchev–Trinajstić information content (AvgIpc) is 2.37. The second-order valence-corrected chi connectivity index (χ2v) is 4.63. The Balaban J connectivity index is 2.54. The number of hydrogen-bond acceptors (Lipinski definition) is 5. The fraction of sp³-hybridized carbons (Fsp3) is 0.500. The first kappa shape index (κ1) is 15.5. The van der Waals surface area contributed by atoms with Crippen LogP contribution >= 0.6 is 0 Å². The lowest BCUT2D eigenvalue weighted by atomic mass is 10.1. The Kier molecular flexibility index (Phi) is 6.32. The van der Waals surface area contributed by atoms with Gasteiger partial charge in [-0.2, -0.15) is 0 Å². The molecule has 0 aromatic heterocycles. The van der Waals surface area contributed by atoms with Gasteiger partial charge < -0.3 is 20.1 Å². The van der Waals surface area contributed by atoms with Crippen molar-refractivity contribution < 1.29 is 14.3 Å². The fourth-order valence-electron chi connectivity index (χ4n) is 1.60. The number of rotatable bonds is 7. The van der Waals surface area contributed by atoms with Crippen molar-refractivity contribution in [2.24, 2.45) is 5.73 Å². The summed E-state index contributed by atoms with van der Waals surface area (Å²) in [5.74, 6) is 0.385. The van der Waals surface area contributed by atoms with E-state index in [0.29, 0.717) is 13.0 Å². The van der Waals surface area contributed by atoms with E-state index in [1.807, 2.05) is 38.4 Å². The molecule has 2 N–H and O–H groups in total. The Labute approximate surface area is 114 Å². The average molecular weight is 266 g/mol. The third-order valence-electron chi connectivity index (χ3n) is 2.67. The topological polar surface area (TPSA) is 64.8 Å². The van der Waals surface area contributed by atoms with Gasteiger partial charge in [0.05, 0.1) is 7.11 Å². The van der Waals surface area contributed by atoms with Gasteiger partial charge in [0.15, 0.2) is 0 Å². The second-order valence-electron chi connectivity index (χ2n) is 4.63. The van der Waals surface area contributed by atoms with Gasteiger partial charge in [0.1, 0.15) is 18.4 Å². The van der Waals surface area contributed by atoms with Crippen LogP contribution in [0.4, 0.5) is 0 Å². The lowest BCUT2D eigenvalue weighted by Crippen LogP contribution is -2.33. The third-order valence-corrected chi connectivity index (χ3v) is 2.67. The van der Waals surface area contributed by atoms with Crippen LogP contribution in [0, 0.1) is 0 Å². The highest BCUT2D eigenvalue weighted by atomic mass is 16.5. The van der Waals surface area contributed by atoms with Crippen LogP contribution in [-0.2, 0) is 16.0 Å². The van der Waals surface area contributed by atoms with Gasteiger partial charge in [-0.3, -0.25) is 4.79 Å². The van der Waals surface area contributed by atoms with E-state index in [1.54, 1.807) is 0 Å². The molecule has 5 heteroatoms. The number of carbonyl (C=O) groups is 1. The van der Waals surface area contributed by atoms with Crippen LogP contribution in [0.2, 0.25) is 0 Å². The van der Waals surface area contributed by atoms with Crippen molar-refractivity contribution in [1.29, 1.82) is 0 Å². The van der Waals surface area contributed by atoms with Gasteiger partial charge >= 0.3 is 5.97 Å². The summed E-state index contributed by atoms with van der Waals surface area (Å²) >= 11 is 0. The van der Waals surface area contributed by atoms with E-state index in [1.165, 1.54) is 7.11 Å². The van der Waals surface area contributed by atoms with Crippen molar-refractivity contribution in [1.82, 2.24) is 4.90 Å². The van der Waals surface area contributed by atoms with Crippen molar-refractivity contribution in [2.45, 2.75) is 12.5 Å². The molecule has 0 heterocycles. The number of methoxy groups -OCH3 is 1. The maximum Gasteiger partial charge on any atom is 0.322 e. The van der Waals surface area contributed by atoms with Crippen LogP contribution in [0.1, 0.15) is 5.56 Å². The SMILES string of the molecule is COC(=O)[C@@H](N)Cc1cccc(OCCN(C)C)c1. The number of ether oxygens (including phenoxy) is 2. The van der Waals surface area contributed by atoms with E-state index < -0.39 is 12.0 Å². The maximum atomic E-state index is 11.3. The van der Waals surface area contributed by atoms with Crippen LogP contribution in [0.25, 0.3) is 0 Å². The van der Waals surface area contributed by atoms with Crippen molar-refractivity contribution in [3.8, 4) is 5.75 Å². The molecule has 0 spiro atoms. The second kappa shape index (κ2) is 7.76. The fourth-order valence-corrected chi connectivity index (χ4v) is 1.60. The minimum atomic E-state index is -0.637. The molecule has 1 aromatic rings. The number of nitrogens with two attached hydrogens (primary N) is 1. The van der Waals surface area contributed by atoms with Gasteiger partial charge in [-0.25, -0.2) is 0 Å². The molecule has 0 amide bonds. The van der Waals surface area contributed by atoms with Crippen molar-refractivity contribution in [2.75, 3.05) is 34.4 Å². The summed E-state index contributed by atoms with van der Waals surface area (Å²) in [7, 11) is 5.33. The Hall–Kier alpha value is -1.59. The first-order chi connectivity index (χ1) is 9.02. The maximum absolute atomic E-state index is 11.3. The zero-order chi connectivity index (χ0) is 14.3. The van der Waals surface area contributed by atoms with Gasteiger partial charge in [-0.05, 0) is 38.2 Å². The summed E-state index contributed by atoms with van der Waals surface area (Å²) in [4.78, 5) is 13.3. The summed E-state index contributed by atoms with van der Waals surface area (Å²) in [5, 5.41) is 0. The Bertz CT molecular complexity index is 407. The molecular formula is C14H22N2O3. The number of nitrogens with zero attached hydrogens (tertiary/aromatic N) is 1. The quantitative estimate of drug-likeness (QED) is 0.735. The molecular weight excluding hydrogens is 244 g/mol. The number of esters is 1. The minimum absolute atomic E-state index is 0.404. The molecule has 0 saturated carbocycles. The molecule has 0 unspecified atom stereocenters. The van der Waals surface area contributed by atoms with Crippen LogP contribution in [-0.4, -0.2) is 51.3 Å². The predicted octanol–water partition coefficient (Wildman–Crippen LogP) is 0.670. The Morgan fingerprint density at radius 3 is 2.79 bits per heavy atom. The van der Waals surface area contributed by atoms with Crippen LogP contribution in [0.5, 0.6) is 5.75 Å². The first-order valence-corrected chi connectivity index (χ1v) is 6.23. The van der Waals surface area contributed by atoms with E-state index in [2.05, 4.69) is 9.64 Å². The zero-order valence-electron chi connectivity index (χ0n) is 11.8. The van der Waals surface area contributed by atoms with Crippen LogP contribution in [0.15, 0.2) is 24.3 Å². The lowest BCUT2D eigenvalue weighted by molar-refractivity contribution is -0.142. The molecule has 0 radical (unpaired) electrons. The van der Waals surface area contributed by atoms with Crippen molar-refractivity contribution in [3.05, 3.63) is 29.8 Å².